The van der Waals surface area contributed by atoms with Crippen molar-refractivity contribution in [3.63, 3.8) is 0 Å². The maximum atomic E-state index is 11.4. The van der Waals surface area contributed by atoms with Crippen LogP contribution in [-0.2, 0) is 19.1 Å². The topological polar surface area (TPSA) is 102 Å². The van der Waals surface area contributed by atoms with E-state index in [1.54, 1.807) is 0 Å². The molecule has 0 aliphatic heterocycles. The van der Waals surface area contributed by atoms with Crippen molar-refractivity contribution in [3.05, 3.63) is 0 Å². The summed E-state index contributed by atoms with van der Waals surface area (Å²) >= 11 is 0. The number of esters is 1. The van der Waals surface area contributed by atoms with Crippen LogP contribution in [0.4, 0.5) is 4.79 Å². The molecule has 24 heavy (non-hydrogen) atoms. The molecule has 0 aromatic rings. The van der Waals surface area contributed by atoms with Crippen molar-refractivity contribution in [2.75, 3.05) is 19.8 Å². The number of hydrogen-bond donors (Lipinski definition) is 2. The fourth-order valence-corrected chi connectivity index (χ4v) is 2.36. The summed E-state index contributed by atoms with van der Waals surface area (Å²) in [6.45, 7) is 4.33. The van der Waals surface area contributed by atoms with Crippen LogP contribution in [-0.4, -0.2) is 42.9 Å². The summed E-state index contributed by atoms with van der Waals surface area (Å²) in [7, 11) is 0. The Kier molecular flexibility index (Phi) is 13.7. The Balaban J connectivity index is 0.00000118. The summed E-state index contributed by atoms with van der Waals surface area (Å²) in [4.78, 5) is 31.5. The number of ether oxygens (including phenoxy) is 2. The second-order valence-corrected chi connectivity index (χ2v) is 5.86. The maximum absolute atomic E-state index is 11.4. The maximum Gasteiger partial charge on any atom is 0.407 e. The van der Waals surface area contributed by atoms with Crippen LogP contribution >= 0.6 is 0 Å². The van der Waals surface area contributed by atoms with Crippen LogP contribution in [0.5, 0.6) is 0 Å². The second kappa shape index (κ2) is 14.8. The van der Waals surface area contributed by atoms with E-state index in [2.05, 4.69) is 5.32 Å². The van der Waals surface area contributed by atoms with Gasteiger partial charge in [0.25, 0.3) is 5.97 Å². The first-order valence-corrected chi connectivity index (χ1v) is 8.71. The average molecular weight is 345 g/mol. The van der Waals surface area contributed by atoms with Crippen molar-refractivity contribution < 1.29 is 29.0 Å². The second-order valence-electron chi connectivity index (χ2n) is 5.86. The third kappa shape index (κ3) is 15.1. The Labute approximate surface area is 144 Å². The molecule has 1 rings (SSSR count). The smallest absolute Gasteiger partial charge is 0.407 e. The zero-order chi connectivity index (χ0) is 18.2. The van der Waals surface area contributed by atoms with Crippen LogP contribution in [0, 0.1) is 5.92 Å². The van der Waals surface area contributed by atoms with E-state index in [-0.39, 0.29) is 18.7 Å². The molecule has 0 spiro atoms. The molecule has 140 valence electrons. The van der Waals surface area contributed by atoms with Gasteiger partial charge in [0.1, 0.15) is 0 Å². The molecule has 1 saturated carbocycles. The third-order valence-electron chi connectivity index (χ3n) is 3.50. The van der Waals surface area contributed by atoms with Gasteiger partial charge in [-0.1, -0.05) is 26.2 Å². The lowest BCUT2D eigenvalue weighted by molar-refractivity contribution is -0.144. The molecule has 2 N–H and O–H groups in total. The van der Waals surface area contributed by atoms with Crippen molar-refractivity contribution in [3.8, 4) is 0 Å². The number of hydrogen-bond acceptors (Lipinski definition) is 5. The number of carbonyl (C=O) groups excluding carboxylic acids is 2. The summed E-state index contributed by atoms with van der Waals surface area (Å²) in [5, 5.41) is 10.2. The molecule has 0 aromatic heterocycles. The molecule has 0 heterocycles. The number of nitrogens with one attached hydrogen (secondary N) is 1. The van der Waals surface area contributed by atoms with Crippen LogP contribution in [0.25, 0.3) is 0 Å². The largest absolute Gasteiger partial charge is 0.481 e. The summed E-state index contributed by atoms with van der Waals surface area (Å²) in [5.41, 5.74) is 0. The molecule has 7 nitrogen and oxygen atoms in total. The zero-order valence-corrected chi connectivity index (χ0v) is 14.8. The van der Waals surface area contributed by atoms with Crippen LogP contribution < -0.4 is 5.32 Å². The van der Waals surface area contributed by atoms with Gasteiger partial charge in [-0.05, 0) is 25.2 Å². The lowest BCUT2D eigenvalue weighted by atomic mass is 9.89. The van der Waals surface area contributed by atoms with Crippen LogP contribution in [0.3, 0.4) is 0 Å². The number of amides is 1. The standard InChI is InChI=1S/C15H27NO4.C2H4O2/c1-2-7-14(17)19-10-6-11-20-15(18)16-12-13-8-4-3-5-9-13;1-2(3)4/h13H,2-12H2,1H3,(H,16,18);1H3,(H,3,4). The number of carboxylic acid groups (broad SMARTS) is 1. The third-order valence-corrected chi connectivity index (χ3v) is 3.50. The van der Waals surface area contributed by atoms with Crippen molar-refractivity contribution in [2.24, 2.45) is 5.92 Å². The van der Waals surface area contributed by atoms with Gasteiger partial charge in [0, 0.05) is 26.3 Å². The predicted octanol–water partition coefficient (Wildman–Crippen LogP) is 3.12. The highest BCUT2D eigenvalue weighted by molar-refractivity contribution is 5.69. The van der Waals surface area contributed by atoms with Crippen molar-refractivity contribution >= 4 is 18.0 Å². The molecule has 0 saturated heterocycles. The van der Waals surface area contributed by atoms with Crippen LogP contribution in [0.1, 0.15) is 65.2 Å². The van der Waals surface area contributed by atoms with Crippen molar-refractivity contribution in [1.82, 2.24) is 5.32 Å². The summed E-state index contributed by atoms with van der Waals surface area (Å²) in [5.74, 6) is -0.416. The normalized spacial score (nSPS) is 14.1. The number of carbonyl (C=O) groups is 3. The van der Waals surface area contributed by atoms with Gasteiger partial charge in [-0.15, -0.1) is 0 Å². The van der Waals surface area contributed by atoms with E-state index in [0.29, 0.717) is 31.9 Å². The predicted molar refractivity (Wildman–Crippen MR) is 89.7 cm³/mol. The van der Waals surface area contributed by atoms with Gasteiger partial charge in [0.15, 0.2) is 0 Å². The molecule has 1 aliphatic rings. The number of alkyl carbamates (subject to hydrolysis) is 1. The van der Waals surface area contributed by atoms with Gasteiger partial charge in [0.2, 0.25) is 0 Å². The molecule has 1 fully saturated rings. The first kappa shape index (κ1) is 22.2. The summed E-state index contributed by atoms with van der Waals surface area (Å²) < 4.78 is 10.0. The zero-order valence-electron chi connectivity index (χ0n) is 14.8. The van der Waals surface area contributed by atoms with Gasteiger partial charge in [-0.3, -0.25) is 9.59 Å². The van der Waals surface area contributed by atoms with Gasteiger partial charge >= 0.3 is 12.1 Å². The van der Waals surface area contributed by atoms with Crippen LogP contribution in [0.2, 0.25) is 0 Å². The van der Waals surface area contributed by atoms with Crippen molar-refractivity contribution in [2.45, 2.75) is 65.2 Å². The lowest BCUT2D eigenvalue weighted by Gasteiger charge is -2.21. The Morgan fingerprint density at radius 3 is 2.25 bits per heavy atom. The minimum absolute atomic E-state index is 0.186. The number of carboxylic acids is 1. The van der Waals surface area contributed by atoms with E-state index < -0.39 is 5.97 Å². The van der Waals surface area contributed by atoms with E-state index in [1.165, 1.54) is 32.1 Å². The fraction of sp³-hybridized carbons (Fsp3) is 0.824. The highest BCUT2D eigenvalue weighted by Crippen LogP contribution is 2.22. The first-order valence-electron chi connectivity index (χ1n) is 8.71. The molecule has 1 aliphatic carbocycles. The SMILES string of the molecule is CC(=O)O.CCCC(=O)OCCCOC(=O)NCC1CCCCC1. The Morgan fingerprint density at radius 2 is 1.67 bits per heavy atom. The minimum Gasteiger partial charge on any atom is -0.481 e. The summed E-state index contributed by atoms with van der Waals surface area (Å²) in [6.07, 6.45) is 7.68. The van der Waals surface area contributed by atoms with Crippen LogP contribution in [0.15, 0.2) is 0 Å². The molecule has 1 amide bonds. The molecule has 0 unspecified atom stereocenters. The summed E-state index contributed by atoms with van der Waals surface area (Å²) in [6, 6.07) is 0. The highest BCUT2D eigenvalue weighted by Gasteiger charge is 2.14. The molecule has 0 bridgehead atoms. The lowest BCUT2D eigenvalue weighted by Crippen LogP contribution is -2.31. The minimum atomic E-state index is -0.833. The van der Waals surface area contributed by atoms with E-state index in [4.69, 9.17) is 19.4 Å². The molecular formula is C17H31NO6. The molecule has 0 aromatic carbocycles. The van der Waals surface area contributed by atoms with Crippen molar-refractivity contribution in [1.29, 1.82) is 0 Å². The van der Waals surface area contributed by atoms with E-state index in [0.717, 1.165) is 13.3 Å². The van der Waals surface area contributed by atoms with E-state index in [1.807, 2.05) is 6.92 Å². The molecular weight excluding hydrogens is 314 g/mol. The Bertz CT molecular complexity index is 362. The first-order chi connectivity index (χ1) is 11.5. The van der Waals surface area contributed by atoms with E-state index >= 15 is 0 Å². The van der Waals surface area contributed by atoms with Gasteiger partial charge in [-0.2, -0.15) is 0 Å². The van der Waals surface area contributed by atoms with Gasteiger partial charge in [-0.25, -0.2) is 4.79 Å². The average Bonchev–Trinajstić information content (AvgIpc) is 2.53. The molecule has 0 atom stereocenters. The molecule has 7 heteroatoms. The quantitative estimate of drug-likeness (QED) is 0.518. The molecule has 0 radical (unpaired) electrons. The van der Waals surface area contributed by atoms with Gasteiger partial charge < -0.3 is 19.9 Å². The Morgan fingerprint density at radius 1 is 1.08 bits per heavy atom. The fourth-order valence-electron chi connectivity index (χ4n) is 2.36. The highest BCUT2D eigenvalue weighted by atomic mass is 16.6. The Hall–Kier alpha value is -1.79. The van der Waals surface area contributed by atoms with E-state index in [9.17, 15) is 9.59 Å². The number of rotatable bonds is 8. The monoisotopic (exact) mass is 345 g/mol. The van der Waals surface area contributed by atoms with Gasteiger partial charge in [0.05, 0.1) is 13.2 Å². The number of aliphatic carboxylic acids is 1.